The molecular formula is C15H11NO2S. The maximum absolute atomic E-state index is 10.9. The fourth-order valence-electron chi connectivity index (χ4n) is 1.95. The normalized spacial score (nSPS) is 10.6. The van der Waals surface area contributed by atoms with Gasteiger partial charge >= 0.3 is 0 Å². The van der Waals surface area contributed by atoms with E-state index in [9.17, 15) is 4.79 Å². The van der Waals surface area contributed by atoms with E-state index in [1.54, 1.807) is 30.6 Å². The third-order valence-electron chi connectivity index (χ3n) is 2.88. The standard InChI is InChI=1S/C15H11NO2S/c1-18-13-7-6-10(9-17)8-11(13)15-16-12-4-2-3-5-14(12)19-15/h2-9H,1H3. The number of aldehydes is 1. The number of carbonyl (C=O) groups is 1. The number of aromatic nitrogens is 1. The molecule has 2 aromatic carbocycles. The lowest BCUT2D eigenvalue weighted by Crippen LogP contribution is -1.89. The average molecular weight is 269 g/mol. The van der Waals surface area contributed by atoms with Gasteiger partial charge in [0, 0.05) is 5.56 Å². The van der Waals surface area contributed by atoms with Crippen molar-refractivity contribution in [2.24, 2.45) is 0 Å². The van der Waals surface area contributed by atoms with Crippen LogP contribution < -0.4 is 4.74 Å². The van der Waals surface area contributed by atoms with Crippen molar-refractivity contribution in [3.63, 3.8) is 0 Å². The fraction of sp³-hybridized carbons (Fsp3) is 0.0667. The highest BCUT2D eigenvalue weighted by Crippen LogP contribution is 2.35. The first-order valence-corrected chi connectivity index (χ1v) is 6.62. The number of rotatable bonds is 3. The zero-order valence-electron chi connectivity index (χ0n) is 10.3. The molecule has 0 aliphatic carbocycles. The molecule has 0 saturated carbocycles. The number of thiazole rings is 1. The number of hydrogen-bond donors (Lipinski definition) is 0. The van der Waals surface area contributed by atoms with Gasteiger partial charge < -0.3 is 4.74 Å². The Labute approximate surface area is 114 Å². The van der Waals surface area contributed by atoms with Crippen molar-refractivity contribution in [3.05, 3.63) is 48.0 Å². The summed E-state index contributed by atoms with van der Waals surface area (Å²) in [6.45, 7) is 0. The molecule has 0 N–H and O–H groups in total. The molecule has 1 heterocycles. The fourth-order valence-corrected chi connectivity index (χ4v) is 2.94. The molecule has 0 saturated heterocycles. The highest BCUT2D eigenvalue weighted by atomic mass is 32.1. The third-order valence-corrected chi connectivity index (χ3v) is 3.95. The predicted octanol–water partition coefficient (Wildman–Crippen LogP) is 3.78. The van der Waals surface area contributed by atoms with Crippen LogP contribution in [0.1, 0.15) is 10.4 Å². The van der Waals surface area contributed by atoms with Crippen molar-refractivity contribution >= 4 is 27.8 Å². The maximum atomic E-state index is 10.9. The van der Waals surface area contributed by atoms with Crippen molar-refractivity contribution < 1.29 is 9.53 Å². The van der Waals surface area contributed by atoms with E-state index < -0.39 is 0 Å². The second kappa shape index (κ2) is 4.82. The van der Waals surface area contributed by atoms with E-state index in [1.807, 2.05) is 30.3 Å². The molecule has 0 atom stereocenters. The van der Waals surface area contributed by atoms with Gasteiger partial charge in [0.1, 0.15) is 17.0 Å². The Bertz CT molecular complexity index is 716. The molecule has 0 radical (unpaired) electrons. The summed E-state index contributed by atoms with van der Waals surface area (Å²) >= 11 is 1.59. The van der Waals surface area contributed by atoms with Gasteiger partial charge in [-0.2, -0.15) is 0 Å². The molecule has 19 heavy (non-hydrogen) atoms. The van der Waals surface area contributed by atoms with E-state index in [1.165, 1.54) is 0 Å². The molecule has 0 bridgehead atoms. The summed E-state index contributed by atoms with van der Waals surface area (Å²) in [4.78, 5) is 15.5. The van der Waals surface area contributed by atoms with E-state index in [-0.39, 0.29) is 0 Å². The largest absolute Gasteiger partial charge is 0.496 e. The summed E-state index contributed by atoms with van der Waals surface area (Å²) < 4.78 is 6.47. The molecule has 0 fully saturated rings. The Hall–Kier alpha value is -2.20. The molecule has 0 spiro atoms. The highest BCUT2D eigenvalue weighted by Gasteiger charge is 2.11. The summed E-state index contributed by atoms with van der Waals surface area (Å²) in [6, 6.07) is 13.3. The molecule has 4 heteroatoms. The highest BCUT2D eigenvalue weighted by molar-refractivity contribution is 7.21. The second-order valence-corrected chi connectivity index (χ2v) is 5.09. The van der Waals surface area contributed by atoms with Crippen molar-refractivity contribution in [2.75, 3.05) is 7.11 Å². The van der Waals surface area contributed by atoms with Gasteiger partial charge in [-0.3, -0.25) is 4.79 Å². The quantitative estimate of drug-likeness (QED) is 0.679. The van der Waals surface area contributed by atoms with E-state index in [2.05, 4.69) is 4.98 Å². The Kier molecular flexibility index (Phi) is 3.01. The van der Waals surface area contributed by atoms with Gasteiger partial charge in [0.05, 0.1) is 22.9 Å². The maximum Gasteiger partial charge on any atom is 0.150 e. The summed E-state index contributed by atoms with van der Waals surface area (Å²) in [5, 5.41) is 0.863. The number of fused-ring (bicyclic) bond motifs is 1. The van der Waals surface area contributed by atoms with Crippen LogP contribution in [-0.2, 0) is 0 Å². The minimum Gasteiger partial charge on any atom is -0.496 e. The van der Waals surface area contributed by atoms with Gasteiger partial charge in [-0.05, 0) is 30.3 Å². The monoisotopic (exact) mass is 269 g/mol. The van der Waals surface area contributed by atoms with Crippen molar-refractivity contribution in [1.29, 1.82) is 0 Å². The summed E-state index contributed by atoms with van der Waals surface area (Å²) in [6.07, 6.45) is 0.830. The number of para-hydroxylation sites is 1. The van der Waals surface area contributed by atoms with Crippen LogP contribution in [-0.4, -0.2) is 18.4 Å². The molecule has 0 aliphatic heterocycles. The first-order valence-electron chi connectivity index (χ1n) is 5.81. The van der Waals surface area contributed by atoms with E-state index in [0.717, 1.165) is 32.8 Å². The van der Waals surface area contributed by atoms with E-state index in [4.69, 9.17) is 4.74 Å². The lowest BCUT2D eigenvalue weighted by Gasteiger charge is -2.06. The van der Waals surface area contributed by atoms with Crippen molar-refractivity contribution in [3.8, 4) is 16.3 Å². The van der Waals surface area contributed by atoms with Gasteiger partial charge in [-0.15, -0.1) is 11.3 Å². The Morgan fingerprint density at radius 1 is 1.21 bits per heavy atom. The Balaban J connectivity index is 2.21. The van der Waals surface area contributed by atoms with Crippen LogP contribution in [0, 0.1) is 0 Å². The SMILES string of the molecule is COc1ccc(C=O)cc1-c1nc2ccccc2s1. The number of carbonyl (C=O) groups excluding carboxylic acids is 1. The molecular weight excluding hydrogens is 258 g/mol. The van der Waals surface area contributed by atoms with Crippen LogP contribution in [0.5, 0.6) is 5.75 Å². The van der Waals surface area contributed by atoms with Crippen molar-refractivity contribution in [2.45, 2.75) is 0 Å². The third kappa shape index (κ3) is 2.11. The lowest BCUT2D eigenvalue weighted by molar-refractivity contribution is 0.112. The van der Waals surface area contributed by atoms with Gasteiger partial charge in [0.25, 0.3) is 0 Å². The summed E-state index contributed by atoms with van der Waals surface area (Å²) in [5.74, 6) is 0.727. The molecule has 3 aromatic rings. The van der Waals surface area contributed by atoms with Crippen LogP contribution in [0.4, 0.5) is 0 Å². The topological polar surface area (TPSA) is 39.2 Å². The smallest absolute Gasteiger partial charge is 0.150 e. The summed E-state index contributed by atoms with van der Waals surface area (Å²) in [7, 11) is 1.62. The van der Waals surface area contributed by atoms with Crippen LogP contribution in [0.3, 0.4) is 0 Å². The van der Waals surface area contributed by atoms with Crippen LogP contribution in [0.25, 0.3) is 20.8 Å². The minimum atomic E-state index is 0.620. The van der Waals surface area contributed by atoms with Crippen LogP contribution in [0.15, 0.2) is 42.5 Å². The van der Waals surface area contributed by atoms with Gasteiger partial charge in [-0.1, -0.05) is 12.1 Å². The number of benzene rings is 2. The van der Waals surface area contributed by atoms with E-state index in [0.29, 0.717) is 5.56 Å². The zero-order chi connectivity index (χ0) is 13.2. The molecule has 3 nitrogen and oxygen atoms in total. The first kappa shape index (κ1) is 11.9. The second-order valence-electron chi connectivity index (χ2n) is 4.06. The lowest BCUT2D eigenvalue weighted by atomic mass is 10.1. The number of methoxy groups -OCH3 is 1. The molecule has 0 unspecified atom stereocenters. The molecule has 0 amide bonds. The van der Waals surface area contributed by atoms with Crippen LogP contribution >= 0.6 is 11.3 Å². The van der Waals surface area contributed by atoms with Gasteiger partial charge in [0.2, 0.25) is 0 Å². The zero-order valence-corrected chi connectivity index (χ0v) is 11.1. The van der Waals surface area contributed by atoms with E-state index >= 15 is 0 Å². The minimum absolute atomic E-state index is 0.620. The summed E-state index contributed by atoms with van der Waals surface area (Å²) in [5.41, 5.74) is 2.43. The first-order chi connectivity index (χ1) is 9.31. The van der Waals surface area contributed by atoms with Crippen LogP contribution in [0.2, 0.25) is 0 Å². The number of ether oxygens (including phenoxy) is 1. The molecule has 3 rings (SSSR count). The molecule has 0 aliphatic rings. The molecule has 94 valence electrons. The van der Waals surface area contributed by atoms with Crippen molar-refractivity contribution in [1.82, 2.24) is 4.98 Å². The Morgan fingerprint density at radius 2 is 2.05 bits per heavy atom. The molecule has 1 aromatic heterocycles. The predicted molar refractivity (Wildman–Crippen MR) is 77.0 cm³/mol. The number of nitrogens with zero attached hydrogens (tertiary/aromatic N) is 1. The number of hydrogen-bond acceptors (Lipinski definition) is 4. The average Bonchev–Trinajstić information content (AvgIpc) is 2.90. The Morgan fingerprint density at radius 3 is 2.79 bits per heavy atom. The van der Waals surface area contributed by atoms with Gasteiger partial charge in [-0.25, -0.2) is 4.98 Å². The van der Waals surface area contributed by atoms with Gasteiger partial charge in [0.15, 0.2) is 0 Å².